The van der Waals surface area contributed by atoms with Gasteiger partial charge in [0, 0.05) is 17.5 Å². The Kier molecular flexibility index (Phi) is 5.00. The zero-order valence-electron chi connectivity index (χ0n) is 15.5. The van der Waals surface area contributed by atoms with Crippen molar-refractivity contribution in [2.75, 3.05) is 13.2 Å². The fourth-order valence-electron chi connectivity index (χ4n) is 3.30. The minimum Gasteiger partial charge on any atom is -0.504 e. The van der Waals surface area contributed by atoms with Crippen LogP contribution in [-0.2, 0) is 16.1 Å². The molecule has 3 aromatic rings. The molecule has 1 N–H and O–H groups in total. The Bertz CT molecular complexity index is 1030. The molecule has 0 radical (unpaired) electrons. The molecule has 28 heavy (non-hydrogen) atoms. The number of ether oxygens (including phenoxy) is 1. The highest BCUT2D eigenvalue weighted by Crippen LogP contribution is 2.39. The second-order valence-corrected chi connectivity index (χ2v) is 7.75. The number of phenolic OH excluding ortho intramolecular Hbond substituents is 1. The smallest absolute Gasteiger partial charge is 0.290 e. The van der Waals surface area contributed by atoms with E-state index in [1.54, 1.807) is 6.07 Å². The van der Waals surface area contributed by atoms with Crippen LogP contribution in [-0.4, -0.2) is 39.8 Å². The number of fused-ring (bicyclic) bond motifs is 2. The van der Waals surface area contributed by atoms with Crippen LogP contribution >= 0.6 is 11.3 Å². The largest absolute Gasteiger partial charge is 0.504 e. The van der Waals surface area contributed by atoms with Crippen molar-refractivity contribution < 1.29 is 19.4 Å². The molecule has 4 rings (SSSR count). The second kappa shape index (κ2) is 7.59. The summed E-state index contributed by atoms with van der Waals surface area (Å²) >= 11 is 1.54. The highest BCUT2D eigenvalue weighted by molar-refractivity contribution is 7.21. The number of nitrogens with zero attached hydrogens (tertiary/aromatic N) is 2. The number of carbonyl (C=O) groups excluding carboxylic acids is 2. The summed E-state index contributed by atoms with van der Waals surface area (Å²) in [4.78, 5) is 30.6. The van der Waals surface area contributed by atoms with Crippen molar-refractivity contribution in [3.8, 4) is 22.1 Å². The summed E-state index contributed by atoms with van der Waals surface area (Å²) in [6.45, 7) is 2.62. The van der Waals surface area contributed by atoms with Crippen LogP contribution in [0.15, 0.2) is 36.4 Å². The first-order valence-electron chi connectivity index (χ1n) is 9.23. The van der Waals surface area contributed by atoms with Crippen molar-refractivity contribution >= 4 is 33.2 Å². The van der Waals surface area contributed by atoms with Gasteiger partial charge in [0.2, 0.25) is 5.78 Å². The molecule has 144 valence electrons. The van der Waals surface area contributed by atoms with E-state index in [1.807, 2.05) is 37.3 Å². The average molecular weight is 396 g/mol. The van der Waals surface area contributed by atoms with Crippen LogP contribution in [0.3, 0.4) is 0 Å². The first-order valence-corrected chi connectivity index (χ1v) is 10.0. The molecule has 0 bridgehead atoms. The van der Waals surface area contributed by atoms with Crippen molar-refractivity contribution in [3.05, 3.63) is 42.0 Å². The van der Waals surface area contributed by atoms with Crippen LogP contribution in [0, 0.1) is 0 Å². The standard InChI is InChI=1S/C21H20N2O4S/c1-2-5-16(24)21(26)23-8-9-27-19-14(12-23)10-13(11-17(19)25)20-22-15-6-3-4-7-18(15)28-20/h3-4,6-7,10-11,25H,2,5,8-9,12H2,1H3. The van der Waals surface area contributed by atoms with E-state index in [0.29, 0.717) is 24.3 Å². The molecule has 0 unspecified atom stereocenters. The van der Waals surface area contributed by atoms with Crippen LogP contribution in [0.25, 0.3) is 20.8 Å². The zero-order valence-corrected chi connectivity index (χ0v) is 16.3. The first kappa shape index (κ1) is 18.4. The molecule has 0 saturated heterocycles. The van der Waals surface area contributed by atoms with Crippen molar-refractivity contribution in [1.29, 1.82) is 0 Å². The lowest BCUT2D eigenvalue weighted by atomic mass is 10.1. The molecule has 6 nitrogen and oxygen atoms in total. The maximum atomic E-state index is 12.5. The quantitative estimate of drug-likeness (QED) is 0.679. The van der Waals surface area contributed by atoms with Crippen molar-refractivity contribution in [2.45, 2.75) is 26.3 Å². The van der Waals surface area contributed by atoms with Gasteiger partial charge in [0.05, 0.1) is 23.3 Å². The van der Waals surface area contributed by atoms with Crippen molar-refractivity contribution in [1.82, 2.24) is 9.88 Å². The SMILES string of the molecule is CCCC(=O)C(=O)N1CCOc2c(O)cc(-c3nc4ccccc4s3)cc2C1. The summed E-state index contributed by atoms with van der Waals surface area (Å²) < 4.78 is 6.74. The molecule has 2 aromatic carbocycles. The van der Waals surface area contributed by atoms with E-state index in [-0.39, 0.29) is 25.3 Å². The van der Waals surface area contributed by atoms with Gasteiger partial charge in [0.1, 0.15) is 11.6 Å². The maximum Gasteiger partial charge on any atom is 0.290 e. The Balaban J connectivity index is 1.69. The number of hydrogen-bond donors (Lipinski definition) is 1. The Morgan fingerprint density at radius 1 is 1.29 bits per heavy atom. The molecule has 0 fully saturated rings. The maximum absolute atomic E-state index is 12.5. The number of para-hydroxylation sites is 1. The van der Waals surface area contributed by atoms with Gasteiger partial charge in [-0.2, -0.15) is 0 Å². The number of ketones is 1. The van der Waals surface area contributed by atoms with Gasteiger partial charge < -0.3 is 14.7 Å². The van der Waals surface area contributed by atoms with E-state index in [1.165, 1.54) is 16.2 Å². The lowest BCUT2D eigenvalue weighted by molar-refractivity contribution is -0.145. The van der Waals surface area contributed by atoms with E-state index >= 15 is 0 Å². The molecular weight excluding hydrogens is 376 g/mol. The molecule has 0 saturated carbocycles. The summed E-state index contributed by atoms with van der Waals surface area (Å²) in [5, 5.41) is 11.3. The first-order chi connectivity index (χ1) is 13.6. The average Bonchev–Trinajstić information content (AvgIpc) is 3.00. The third-order valence-electron chi connectivity index (χ3n) is 4.66. The fraction of sp³-hybridized carbons (Fsp3) is 0.286. The van der Waals surface area contributed by atoms with Crippen LogP contribution in [0.5, 0.6) is 11.5 Å². The van der Waals surface area contributed by atoms with Crippen molar-refractivity contribution in [2.24, 2.45) is 0 Å². The predicted octanol–water partition coefficient (Wildman–Crippen LogP) is 3.76. The molecule has 1 amide bonds. The van der Waals surface area contributed by atoms with Gasteiger partial charge in [-0.1, -0.05) is 19.1 Å². The molecule has 0 spiro atoms. The lowest BCUT2D eigenvalue weighted by Crippen LogP contribution is -2.37. The molecule has 1 aliphatic heterocycles. The molecule has 0 aliphatic carbocycles. The number of carbonyl (C=O) groups is 2. The Morgan fingerprint density at radius 2 is 2.11 bits per heavy atom. The fourth-order valence-corrected chi connectivity index (χ4v) is 4.25. The summed E-state index contributed by atoms with van der Waals surface area (Å²) in [7, 11) is 0. The van der Waals surface area contributed by atoms with Crippen LogP contribution in [0.2, 0.25) is 0 Å². The van der Waals surface area contributed by atoms with E-state index in [0.717, 1.165) is 20.8 Å². The minimum absolute atomic E-state index is 0.0148. The van der Waals surface area contributed by atoms with E-state index in [4.69, 9.17) is 4.74 Å². The number of amides is 1. The number of aromatic hydroxyl groups is 1. The molecular formula is C21H20N2O4S. The van der Waals surface area contributed by atoms with Gasteiger partial charge in [0.15, 0.2) is 11.5 Å². The van der Waals surface area contributed by atoms with Crippen LogP contribution in [0.1, 0.15) is 25.3 Å². The second-order valence-electron chi connectivity index (χ2n) is 6.72. The molecule has 1 aliphatic rings. The normalized spacial score (nSPS) is 13.7. The lowest BCUT2D eigenvalue weighted by Gasteiger charge is -2.19. The summed E-state index contributed by atoms with van der Waals surface area (Å²) in [5.41, 5.74) is 2.33. The van der Waals surface area contributed by atoms with E-state index < -0.39 is 11.7 Å². The molecule has 1 aromatic heterocycles. The Morgan fingerprint density at radius 3 is 2.89 bits per heavy atom. The van der Waals surface area contributed by atoms with Gasteiger partial charge in [0.25, 0.3) is 5.91 Å². The molecule has 0 atom stereocenters. The highest BCUT2D eigenvalue weighted by Gasteiger charge is 2.26. The van der Waals surface area contributed by atoms with Gasteiger partial charge in [-0.3, -0.25) is 9.59 Å². The van der Waals surface area contributed by atoms with Crippen LogP contribution in [0.4, 0.5) is 0 Å². The van der Waals surface area contributed by atoms with E-state index in [9.17, 15) is 14.7 Å². The summed E-state index contributed by atoms with van der Waals surface area (Å²) in [6.07, 6.45) is 0.869. The van der Waals surface area contributed by atoms with Crippen LogP contribution < -0.4 is 4.74 Å². The number of hydrogen-bond acceptors (Lipinski definition) is 6. The number of phenols is 1. The number of aromatic nitrogens is 1. The van der Waals surface area contributed by atoms with E-state index in [2.05, 4.69) is 4.98 Å². The summed E-state index contributed by atoms with van der Waals surface area (Å²) in [6, 6.07) is 11.4. The monoisotopic (exact) mass is 396 g/mol. The molecule has 2 heterocycles. The highest BCUT2D eigenvalue weighted by atomic mass is 32.1. The number of thiazole rings is 1. The number of rotatable bonds is 4. The topological polar surface area (TPSA) is 79.7 Å². The zero-order chi connectivity index (χ0) is 19.7. The minimum atomic E-state index is -0.497. The van der Waals surface area contributed by atoms with Gasteiger partial charge in [-0.05, 0) is 30.7 Å². The number of Topliss-reactive ketones (excluding diaryl/α,β-unsaturated/α-hetero) is 1. The molecule has 7 heteroatoms. The van der Waals surface area contributed by atoms with Gasteiger partial charge in [-0.25, -0.2) is 4.98 Å². The van der Waals surface area contributed by atoms with Gasteiger partial charge in [-0.15, -0.1) is 11.3 Å². The Labute approximate surface area is 166 Å². The summed E-state index contributed by atoms with van der Waals surface area (Å²) in [5.74, 6) is -0.510. The van der Waals surface area contributed by atoms with Crippen molar-refractivity contribution in [3.63, 3.8) is 0 Å². The Hall–Kier alpha value is -2.93. The van der Waals surface area contributed by atoms with Gasteiger partial charge >= 0.3 is 0 Å². The predicted molar refractivity (Wildman–Crippen MR) is 108 cm³/mol. The third kappa shape index (κ3) is 3.45. The third-order valence-corrected chi connectivity index (χ3v) is 5.74. The number of benzene rings is 2.